The summed E-state index contributed by atoms with van der Waals surface area (Å²) in [5, 5.41) is 22.5. The smallest absolute Gasteiger partial charge is 0.404 e. The van der Waals surface area contributed by atoms with Gasteiger partial charge >= 0.3 is 12.1 Å². The van der Waals surface area contributed by atoms with E-state index in [4.69, 9.17) is 10.2 Å². The lowest BCUT2D eigenvalue weighted by molar-refractivity contribution is -0.141. The normalized spacial score (nSPS) is 16.2. The maximum Gasteiger partial charge on any atom is 0.404 e. The second-order valence-corrected chi connectivity index (χ2v) is 6.25. The first-order chi connectivity index (χ1) is 10.1. The maximum atomic E-state index is 12.0. The van der Waals surface area contributed by atoms with Gasteiger partial charge in [0.2, 0.25) is 5.91 Å². The van der Waals surface area contributed by atoms with Crippen LogP contribution in [0, 0.1) is 23.7 Å². The summed E-state index contributed by atoms with van der Waals surface area (Å²) in [4.78, 5) is 33.2. The number of aliphatic carboxylic acids is 1. The van der Waals surface area contributed by atoms with Crippen LogP contribution in [0.5, 0.6) is 0 Å². The molecule has 7 heteroatoms. The molecule has 0 fully saturated rings. The van der Waals surface area contributed by atoms with Crippen molar-refractivity contribution in [1.82, 2.24) is 10.6 Å². The van der Waals surface area contributed by atoms with E-state index in [1.54, 1.807) is 13.8 Å². The molecule has 7 nitrogen and oxygen atoms in total. The van der Waals surface area contributed by atoms with E-state index in [2.05, 4.69) is 10.6 Å². The van der Waals surface area contributed by atoms with E-state index >= 15 is 0 Å². The van der Waals surface area contributed by atoms with E-state index < -0.39 is 18.0 Å². The molecule has 0 aromatic carbocycles. The van der Waals surface area contributed by atoms with Crippen molar-refractivity contribution in [3.8, 4) is 0 Å². The van der Waals surface area contributed by atoms with Crippen molar-refractivity contribution in [2.75, 3.05) is 13.1 Å². The third kappa shape index (κ3) is 9.20. The molecule has 0 aromatic rings. The summed E-state index contributed by atoms with van der Waals surface area (Å²) in [5.41, 5.74) is 0. The molecule has 0 aliphatic heterocycles. The van der Waals surface area contributed by atoms with Crippen LogP contribution in [-0.2, 0) is 9.59 Å². The van der Waals surface area contributed by atoms with Crippen LogP contribution in [0.15, 0.2) is 0 Å². The fourth-order valence-corrected chi connectivity index (χ4v) is 2.29. The van der Waals surface area contributed by atoms with Crippen LogP contribution in [0.3, 0.4) is 0 Å². The molecule has 0 saturated heterocycles. The van der Waals surface area contributed by atoms with Crippen LogP contribution in [0.25, 0.3) is 0 Å². The zero-order chi connectivity index (χ0) is 17.3. The summed E-state index contributed by atoms with van der Waals surface area (Å²) in [6.07, 6.45) is 0.0416. The number of hydrogen-bond acceptors (Lipinski definition) is 3. The minimum atomic E-state index is -1.06. The van der Waals surface area contributed by atoms with Crippen LogP contribution in [0.4, 0.5) is 4.79 Å². The number of carboxylic acid groups (broad SMARTS) is 2. The summed E-state index contributed by atoms with van der Waals surface area (Å²) in [6.45, 7) is 8.01. The third-order valence-corrected chi connectivity index (χ3v) is 3.61. The Morgan fingerprint density at radius 1 is 0.818 bits per heavy atom. The van der Waals surface area contributed by atoms with Crippen LogP contribution in [-0.4, -0.2) is 41.3 Å². The molecule has 2 amide bonds. The molecule has 0 rings (SSSR count). The minimum absolute atomic E-state index is 0.0707. The number of hydrogen-bond donors (Lipinski definition) is 4. The highest BCUT2D eigenvalue weighted by Gasteiger charge is 2.19. The van der Waals surface area contributed by atoms with Gasteiger partial charge in [0.15, 0.2) is 0 Å². The SMILES string of the molecule is CC(CNC(=O)C(C)CC(C)CNC(=O)O)CC(C)C(=O)O. The van der Waals surface area contributed by atoms with Crippen LogP contribution in [0.1, 0.15) is 40.5 Å². The first-order valence-electron chi connectivity index (χ1n) is 7.60. The first-order valence-corrected chi connectivity index (χ1v) is 7.60. The van der Waals surface area contributed by atoms with Crippen molar-refractivity contribution >= 4 is 18.0 Å². The fraction of sp³-hybridized carbons (Fsp3) is 0.800. The van der Waals surface area contributed by atoms with Crippen LogP contribution < -0.4 is 10.6 Å². The molecule has 4 unspecified atom stereocenters. The number of carbonyl (C=O) groups is 3. The summed E-state index contributed by atoms with van der Waals surface area (Å²) < 4.78 is 0. The second-order valence-electron chi connectivity index (χ2n) is 6.25. The van der Waals surface area contributed by atoms with Gasteiger partial charge in [0, 0.05) is 19.0 Å². The Labute approximate surface area is 131 Å². The lowest BCUT2D eigenvalue weighted by Gasteiger charge is -2.19. The van der Waals surface area contributed by atoms with Gasteiger partial charge in [0.05, 0.1) is 5.92 Å². The first kappa shape index (κ1) is 20.2. The monoisotopic (exact) mass is 316 g/mol. The topological polar surface area (TPSA) is 116 Å². The Morgan fingerprint density at radius 3 is 1.73 bits per heavy atom. The zero-order valence-electron chi connectivity index (χ0n) is 13.8. The number of carbonyl (C=O) groups excluding carboxylic acids is 1. The van der Waals surface area contributed by atoms with E-state index in [0.29, 0.717) is 25.9 Å². The van der Waals surface area contributed by atoms with Gasteiger partial charge in [-0.3, -0.25) is 9.59 Å². The molecule has 0 saturated carbocycles. The molecular weight excluding hydrogens is 288 g/mol. The average molecular weight is 316 g/mol. The zero-order valence-corrected chi connectivity index (χ0v) is 13.8. The molecule has 4 N–H and O–H groups in total. The Bertz CT molecular complexity index is 386. The van der Waals surface area contributed by atoms with E-state index in [1.807, 2.05) is 13.8 Å². The quantitative estimate of drug-likeness (QED) is 0.490. The van der Waals surface area contributed by atoms with Crippen molar-refractivity contribution in [1.29, 1.82) is 0 Å². The second kappa shape index (κ2) is 10.0. The molecule has 0 aliphatic carbocycles. The van der Waals surface area contributed by atoms with Gasteiger partial charge in [-0.25, -0.2) is 4.79 Å². The maximum absolute atomic E-state index is 12.0. The molecule has 0 bridgehead atoms. The molecule has 0 radical (unpaired) electrons. The highest BCUT2D eigenvalue weighted by Crippen LogP contribution is 2.13. The number of carboxylic acids is 1. The average Bonchev–Trinajstić information content (AvgIpc) is 2.42. The highest BCUT2D eigenvalue weighted by atomic mass is 16.4. The van der Waals surface area contributed by atoms with Crippen molar-refractivity contribution < 1.29 is 24.6 Å². The molecule has 0 heterocycles. The molecule has 128 valence electrons. The Balaban J connectivity index is 4.04. The summed E-state index contributed by atoms with van der Waals surface area (Å²) >= 11 is 0. The Morgan fingerprint density at radius 2 is 1.27 bits per heavy atom. The van der Waals surface area contributed by atoms with Gasteiger partial charge in [-0.05, 0) is 24.7 Å². The Kier molecular flexibility index (Phi) is 9.21. The van der Waals surface area contributed by atoms with Gasteiger partial charge < -0.3 is 20.8 Å². The van der Waals surface area contributed by atoms with Crippen LogP contribution in [0.2, 0.25) is 0 Å². The largest absolute Gasteiger partial charge is 0.481 e. The molecule has 4 atom stereocenters. The van der Waals surface area contributed by atoms with E-state index in [0.717, 1.165) is 0 Å². The summed E-state index contributed by atoms with van der Waals surface area (Å²) in [5.74, 6) is -1.39. The van der Waals surface area contributed by atoms with Crippen molar-refractivity contribution in [2.45, 2.75) is 40.5 Å². The summed E-state index contributed by atoms with van der Waals surface area (Å²) in [6, 6.07) is 0. The molecule has 0 aromatic heterocycles. The van der Waals surface area contributed by atoms with Gasteiger partial charge in [-0.1, -0.05) is 27.7 Å². The third-order valence-electron chi connectivity index (χ3n) is 3.61. The van der Waals surface area contributed by atoms with Gasteiger partial charge in [-0.2, -0.15) is 0 Å². The van der Waals surface area contributed by atoms with E-state index in [-0.39, 0.29) is 23.7 Å². The standard InChI is InChI=1S/C15H28N2O5/c1-9(8-17-15(21)22)5-11(3)13(18)16-7-10(2)6-12(4)14(19)20/h9-12,17H,5-8H2,1-4H3,(H,16,18)(H,19,20)(H,21,22). The minimum Gasteiger partial charge on any atom is -0.481 e. The lowest BCUT2D eigenvalue weighted by atomic mass is 9.95. The van der Waals surface area contributed by atoms with E-state index in [1.165, 1.54) is 0 Å². The predicted octanol–water partition coefficient (Wildman–Crippen LogP) is 1.78. The van der Waals surface area contributed by atoms with Gasteiger partial charge in [-0.15, -0.1) is 0 Å². The highest BCUT2D eigenvalue weighted by molar-refractivity contribution is 5.78. The van der Waals surface area contributed by atoms with Crippen LogP contribution >= 0.6 is 0 Å². The molecule has 0 aliphatic rings. The van der Waals surface area contributed by atoms with Crippen molar-refractivity contribution in [2.24, 2.45) is 23.7 Å². The number of nitrogens with one attached hydrogen (secondary N) is 2. The molecule has 0 spiro atoms. The molecular formula is C15H28N2O5. The summed E-state index contributed by atoms with van der Waals surface area (Å²) in [7, 11) is 0. The van der Waals surface area contributed by atoms with Crippen molar-refractivity contribution in [3.63, 3.8) is 0 Å². The van der Waals surface area contributed by atoms with Crippen molar-refractivity contribution in [3.05, 3.63) is 0 Å². The number of rotatable bonds is 10. The Hall–Kier alpha value is -1.79. The number of amides is 2. The fourth-order valence-electron chi connectivity index (χ4n) is 2.29. The van der Waals surface area contributed by atoms with E-state index in [9.17, 15) is 14.4 Å². The van der Waals surface area contributed by atoms with Gasteiger partial charge in [0.1, 0.15) is 0 Å². The molecule has 22 heavy (non-hydrogen) atoms. The van der Waals surface area contributed by atoms with Gasteiger partial charge in [0.25, 0.3) is 0 Å². The lowest BCUT2D eigenvalue weighted by Crippen LogP contribution is -2.35. The predicted molar refractivity (Wildman–Crippen MR) is 82.6 cm³/mol.